The Bertz CT molecular complexity index is 424. The van der Waals surface area contributed by atoms with E-state index >= 15 is 0 Å². The van der Waals surface area contributed by atoms with Gasteiger partial charge in [-0.25, -0.2) is 4.98 Å². The lowest BCUT2D eigenvalue weighted by Crippen LogP contribution is -2.30. The number of carboxylic acid groups (broad SMARTS) is 1. The third kappa shape index (κ3) is 3.03. The van der Waals surface area contributed by atoms with Gasteiger partial charge in [0.05, 0.1) is 11.4 Å². The Morgan fingerprint density at radius 3 is 2.88 bits per heavy atom. The number of aliphatic carboxylic acids is 1. The Balaban J connectivity index is 2.07. The minimum absolute atomic E-state index is 0.0766. The number of aryl methyl sites for hydroxylation is 1. The van der Waals surface area contributed by atoms with Crippen molar-refractivity contribution in [2.24, 2.45) is 5.41 Å². The topological polar surface area (TPSA) is 55.1 Å². The van der Waals surface area contributed by atoms with E-state index in [1.807, 2.05) is 13.1 Å². The molecule has 0 bridgehead atoms. The highest BCUT2D eigenvalue weighted by molar-refractivity contribution is 7.99. The lowest BCUT2D eigenvalue weighted by atomic mass is 9.70. The second-order valence-corrected chi connectivity index (χ2v) is 6.08. The van der Waals surface area contributed by atoms with Gasteiger partial charge in [0.1, 0.15) is 0 Å². The number of carbonyl (C=O) groups is 1. The predicted octanol–water partition coefficient (Wildman–Crippen LogP) is 2.56. The maximum absolute atomic E-state index is 10.6. The van der Waals surface area contributed by atoms with Crippen LogP contribution in [0.4, 0.5) is 0 Å². The number of imidazole rings is 1. The Kier molecular flexibility index (Phi) is 3.47. The van der Waals surface area contributed by atoms with Crippen molar-refractivity contribution in [3.8, 4) is 0 Å². The lowest BCUT2D eigenvalue weighted by molar-refractivity contribution is -0.133. The maximum Gasteiger partial charge on any atom is 0.313 e. The highest BCUT2D eigenvalue weighted by atomic mass is 32.2. The SMILES string of the molecule is Cc1cn(CC2(C)CCC2)c(SCC(=O)O)n1. The fourth-order valence-corrected chi connectivity index (χ4v) is 2.97. The molecule has 0 aromatic carbocycles. The average molecular weight is 254 g/mol. The molecule has 17 heavy (non-hydrogen) atoms. The third-order valence-electron chi connectivity index (χ3n) is 3.30. The van der Waals surface area contributed by atoms with E-state index in [0.29, 0.717) is 5.41 Å². The first-order chi connectivity index (χ1) is 7.98. The smallest absolute Gasteiger partial charge is 0.313 e. The largest absolute Gasteiger partial charge is 0.481 e. The van der Waals surface area contributed by atoms with Crippen LogP contribution in [0.5, 0.6) is 0 Å². The fourth-order valence-electron chi connectivity index (χ4n) is 2.23. The molecule has 1 heterocycles. The molecule has 1 aliphatic rings. The minimum atomic E-state index is -0.794. The van der Waals surface area contributed by atoms with Gasteiger partial charge in [0.25, 0.3) is 0 Å². The molecule has 94 valence electrons. The second-order valence-electron chi connectivity index (χ2n) is 5.14. The summed E-state index contributed by atoms with van der Waals surface area (Å²) < 4.78 is 2.11. The van der Waals surface area contributed by atoms with Crippen LogP contribution in [0, 0.1) is 12.3 Å². The quantitative estimate of drug-likeness (QED) is 0.820. The van der Waals surface area contributed by atoms with Crippen molar-refractivity contribution in [3.63, 3.8) is 0 Å². The van der Waals surface area contributed by atoms with Gasteiger partial charge in [-0.2, -0.15) is 0 Å². The van der Waals surface area contributed by atoms with E-state index in [2.05, 4.69) is 16.5 Å². The highest BCUT2D eigenvalue weighted by Gasteiger charge is 2.32. The highest BCUT2D eigenvalue weighted by Crippen LogP contribution is 2.42. The molecule has 2 rings (SSSR count). The first-order valence-corrected chi connectivity index (χ1v) is 6.85. The summed E-state index contributed by atoms with van der Waals surface area (Å²) in [5, 5.41) is 9.54. The molecular weight excluding hydrogens is 236 g/mol. The molecule has 0 amide bonds. The van der Waals surface area contributed by atoms with E-state index in [1.165, 1.54) is 31.0 Å². The van der Waals surface area contributed by atoms with Crippen molar-refractivity contribution in [2.75, 3.05) is 5.75 Å². The van der Waals surface area contributed by atoms with Gasteiger partial charge in [-0.05, 0) is 25.2 Å². The standard InChI is InChI=1S/C12H18N2O2S/c1-9-6-14(8-12(2)4-3-5-12)11(13-9)17-7-10(15)16/h6H,3-5,7-8H2,1-2H3,(H,15,16). The van der Waals surface area contributed by atoms with Crippen LogP contribution in [0.25, 0.3) is 0 Å². The number of thioether (sulfide) groups is 1. The Morgan fingerprint density at radius 1 is 1.65 bits per heavy atom. The number of nitrogens with zero attached hydrogens (tertiary/aromatic N) is 2. The third-order valence-corrected chi connectivity index (χ3v) is 4.27. The van der Waals surface area contributed by atoms with Crippen LogP contribution in [0.15, 0.2) is 11.4 Å². The predicted molar refractivity (Wildman–Crippen MR) is 67.3 cm³/mol. The summed E-state index contributed by atoms with van der Waals surface area (Å²) in [5.41, 5.74) is 1.34. The molecule has 4 nitrogen and oxygen atoms in total. The van der Waals surface area contributed by atoms with Gasteiger partial charge in [-0.3, -0.25) is 4.79 Å². The van der Waals surface area contributed by atoms with Crippen molar-refractivity contribution in [2.45, 2.75) is 44.8 Å². The van der Waals surface area contributed by atoms with E-state index in [9.17, 15) is 4.79 Å². The van der Waals surface area contributed by atoms with Crippen molar-refractivity contribution < 1.29 is 9.90 Å². The lowest BCUT2D eigenvalue weighted by Gasteiger charge is -2.38. The van der Waals surface area contributed by atoms with E-state index in [1.54, 1.807) is 0 Å². The molecule has 5 heteroatoms. The Morgan fingerprint density at radius 2 is 2.35 bits per heavy atom. The Labute approximate surface area is 105 Å². The summed E-state index contributed by atoms with van der Waals surface area (Å²) in [7, 11) is 0. The van der Waals surface area contributed by atoms with Gasteiger partial charge >= 0.3 is 5.97 Å². The zero-order chi connectivity index (χ0) is 12.5. The maximum atomic E-state index is 10.6. The molecule has 1 N–H and O–H groups in total. The van der Waals surface area contributed by atoms with E-state index < -0.39 is 5.97 Å². The first kappa shape index (κ1) is 12.5. The second kappa shape index (κ2) is 4.72. The first-order valence-electron chi connectivity index (χ1n) is 5.87. The summed E-state index contributed by atoms with van der Waals surface area (Å²) in [4.78, 5) is 15.0. The molecule has 1 saturated carbocycles. The normalized spacial score (nSPS) is 17.8. The summed E-state index contributed by atoms with van der Waals surface area (Å²) in [6.45, 7) is 5.19. The molecule has 0 aliphatic heterocycles. The molecule has 0 unspecified atom stereocenters. The van der Waals surface area contributed by atoms with Crippen LogP contribution in [0.2, 0.25) is 0 Å². The number of hydrogen-bond donors (Lipinski definition) is 1. The van der Waals surface area contributed by atoms with Gasteiger partial charge in [0.2, 0.25) is 0 Å². The van der Waals surface area contributed by atoms with Crippen molar-refractivity contribution >= 4 is 17.7 Å². The molecular formula is C12H18N2O2S. The number of carboxylic acids is 1. The van der Waals surface area contributed by atoms with E-state index in [4.69, 9.17) is 5.11 Å². The van der Waals surface area contributed by atoms with Gasteiger partial charge in [-0.1, -0.05) is 25.1 Å². The van der Waals surface area contributed by atoms with Gasteiger partial charge in [0.15, 0.2) is 5.16 Å². The molecule has 0 saturated heterocycles. The molecule has 0 spiro atoms. The number of hydrogen-bond acceptors (Lipinski definition) is 3. The fraction of sp³-hybridized carbons (Fsp3) is 0.667. The van der Waals surface area contributed by atoms with Gasteiger partial charge < -0.3 is 9.67 Å². The molecule has 0 radical (unpaired) electrons. The van der Waals surface area contributed by atoms with E-state index in [0.717, 1.165) is 17.4 Å². The monoisotopic (exact) mass is 254 g/mol. The molecule has 1 aromatic rings. The zero-order valence-corrected chi connectivity index (χ0v) is 11.1. The summed E-state index contributed by atoms with van der Waals surface area (Å²) in [6.07, 6.45) is 5.84. The van der Waals surface area contributed by atoms with Crippen LogP contribution in [-0.4, -0.2) is 26.4 Å². The number of aromatic nitrogens is 2. The van der Waals surface area contributed by atoms with Gasteiger partial charge in [-0.15, -0.1) is 0 Å². The molecule has 1 aromatic heterocycles. The summed E-state index contributed by atoms with van der Waals surface area (Å²) >= 11 is 1.30. The van der Waals surface area contributed by atoms with E-state index in [-0.39, 0.29) is 5.75 Å². The van der Waals surface area contributed by atoms with Crippen LogP contribution in [0.1, 0.15) is 31.9 Å². The van der Waals surface area contributed by atoms with Crippen molar-refractivity contribution in [1.82, 2.24) is 9.55 Å². The molecule has 1 fully saturated rings. The summed E-state index contributed by atoms with van der Waals surface area (Å²) in [6, 6.07) is 0. The van der Waals surface area contributed by atoms with Gasteiger partial charge in [0, 0.05) is 12.7 Å². The van der Waals surface area contributed by atoms with Crippen molar-refractivity contribution in [3.05, 3.63) is 11.9 Å². The molecule has 0 atom stereocenters. The minimum Gasteiger partial charge on any atom is -0.481 e. The van der Waals surface area contributed by atoms with Crippen LogP contribution >= 0.6 is 11.8 Å². The zero-order valence-electron chi connectivity index (χ0n) is 10.3. The Hall–Kier alpha value is -0.970. The van der Waals surface area contributed by atoms with Crippen LogP contribution < -0.4 is 0 Å². The average Bonchev–Trinajstić information content (AvgIpc) is 2.53. The number of rotatable bonds is 5. The van der Waals surface area contributed by atoms with Crippen molar-refractivity contribution in [1.29, 1.82) is 0 Å². The molecule has 1 aliphatic carbocycles. The van der Waals surface area contributed by atoms with Crippen LogP contribution in [-0.2, 0) is 11.3 Å². The summed E-state index contributed by atoms with van der Waals surface area (Å²) in [5.74, 6) is -0.718. The van der Waals surface area contributed by atoms with Crippen LogP contribution in [0.3, 0.4) is 0 Å².